The lowest BCUT2D eigenvalue weighted by molar-refractivity contribution is 0.250. The van der Waals surface area contributed by atoms with Gasteiger partial charge in [-0.1, -0.05) is 194 Å². The van der Waals surface area contributed by atoms with E-state index >= 15 is 0 Å². The monoisotopic (exact) mass is 590 g/mol. The molecule has 0 unspecified atom stereocenters. The van der Waals surface area contributed by atoms with Crippen molar-refractivity contribution >= 4 is 16.5 Å². The second-order valence-electron chi connectivity index (χ2n) is 12.8. The molecule has 0 aliphatic heterocycles. The fraction of sp³-hybridized carbons (Fsp3) is 0.476. The lowest BCUT2D eigenvalue weighted by Gasteiger charge is -2.40. The Balaban J connectivity index is 1.28. The minimum Gasteiger partial charge on any atom is -0.305 e. The molecule has 236 valence electrons. The second-order valence-corrected chi connectivity index (χ2v) is 12.8. The fourth-order valence-electron chi connectivity index (χ4n) is 6.65. The summed E-state index contributed by atoms with van der Waals surface area (Å²) in [7, 11) is 2.27. The molecule has 0 radical (unpaired) electrons. The zero-order chi connectivity index (χ0) is 30.7. The highest BCUT2D eigenvalue weighted by atomic mass is 15.6. The smallest absolute Gasteiger partial charge is 0.0789 e. The van der Waals surface area contributed by atoms with Crippen molar-refractivity contribution in [1.29, 1.82) is 0 Å². The quantitative estimate of drug-likeness (QED) is 0.0663. The lowest BCUT2D eigenvalue weighted by atomic mass is 9.98. The zero-order valence-electron chi connectivity index (χ0n) is 27.8. The highest BCUT2D eigenvalue weighted by Gasteiger charge is 2.24. The number of hydrogen-bond acceptors (Lipinski definition) is 2. The standard InChI is InChI=1S/C42H58N2/c1-3-4-5-6-7-8-9-10-11-12-13-14-15-16-17-26-35-44(41-34-33-37-27-24-25-32-40(37)36-41)43(2)42(38-28-20-18-21-29-38)39-30-22-19-23-31-39/h18-25,27-34,36,42H,3-17,26,35H2,1-2H3. The van der Waals surface area contributed by atoms with Gasteiger partial charge in [-0.15, -0.1) is 0 Å². The Hall–Kier alpha value is -3.10. The lowest BCUT2D eigenvalue weighted by Crippen LogP contribution is -2.43. The van der Waals surface area contributed by atoms with Crippen LogP contribution in [0.15, 0.2) is 103 Å². The molecule has 0 aliphatic carbocycles. The molecule has 4 aromatic rings. The van der Waals surface area contributed by atoms with Gasteiger partial charge in [-0.2, -0.15) is 0 Å². The molecule has 4 aromatic carbocycles. The third kappa shape index (κ3) is 11.1. The average Bonchev–Trinajstić information content (AvgIpc) is 3.07. The topological polar surface area (TPSA) is 6.48 Å². The number of anilines is 1. The normalized spacial score (nSPS) is 11.5. The minimum atomic E-state index is 0.143. The van der Waals surface area contributed by atoms with E-state index in [4.69, 9.17) is 0 Å². The van der Waals surface area contributed by atoms with E-state index in [0.29, 0.717) is 0 Å². The molecule has 2 heteroatoms. The molecular formula is C42H58N2. The van der Waals surface area contributed by atoms with Gasteiger partial charge in [0.25, 0.3) is 0 Å². The molecule has 0 heterocycles. The number of benzene rings is 4. The SMILES string of the molecule is CCCCCCCCCCCCCCCCCCN(c1ccc2ccccc2c1)N(C)C(c1ccccc1)c1ccccc1. The summed E-state index contributed by atoms with van der Waals surface area (Å²) >= 11 is 0. The first kappa shape index (κ1) is 33.8. The number of rotatable bonds is 22. The van der Waals surface area contributed by atoms with Gasteiger partial charge in [0.2, 0.25) is 0 Å². The van der Waals surface area contributed by atoms with Gasteiger partial charge in [-0.25, -0.2) is 5.01 Å². The van der Waals surface area contributed by atoms with Crippen molar-refractivity contribution in [1.82, 2.24) is 5.01 Å². The summed E-state index contributed by atoms with van der Waals surface area (Å²) in [6, 6.07) is 37.7. The predicted octanol–water partition coefficient (Wildman–Crippen LogP) is 12.5. The molecule has 0 bridgehead atoms. The molecule has 44 heavy (non-hydrogen) atoms. The third-order valence-electron chi connectivity index (χ3n) is 9.24. The number of nitrogens with zero attached hydrogens (tertiary/aromatic N) is 2. The van der Waals surface area contributed by atoms with Crippen LogP contribution >= 0.6 is 0 Å². The minimum absolute atomic E-state index is 0.143. The first-order chi connectivity index (χ1) is 21.8. The van der Waals surface area contributed by atoms with E-state index in [1.807, 2.05) is 0 Å². The fourth-order valence-corrected chi connectivity index (χ4v) is 6.65. The second kappa shape index (κ2) is 20.0. The van der Waals surface area contributed by atoms with Crippen LogP contribution in [0.4, 0.5) is 5.69 Å². The summed E-state index contributed by atoms with van der Waals surface area (Å²) in [5.74, 6) is 0. The summed E-state index contributed by atoms with van der Waals surface area (Å²) in [5, 5.41) is 7.59. The van der Waals surface area contributed by atoms with Crippen molar-refractivity contribution in [3.8, 4) is 0 Å². The average molecular weight is 591 g/mol. The Kier molecular flexibility index (Phi) is 15.4. The van der Waals surface area contributed by atoms with Crippen molar-refractivity contribution in [3.63, 3.8) is 0 Å². The molecule has 0 aliphatic rings. The highest BCUT2D eigenvalue weighted by molar-refractivity contribution is 5.85. The Labute approximate surface area is 269 Å². The van der Waals surface area contributed by atoms with Crippen LogP contribution in [0.25, 0.3) is 10.8 Å². The largest absolute Gasteiger partial charge is 0.305 e. The van der Waals surface area contributed by atoms with Crippen LogP contribution in [0, 0.1) is 0 Å². The van der Waals surface area contributed by atoms with Crippen LogP contribution in [0.5, 0.6) is 0 Å². The molecule has 0 saturated carbocycles. The van der Waals surface area contributed by atoms with Crippen molar-refractivity contribution in [2.24, 2.45) is 0 Å². The van der Waals surface area contributed by atoms with E-state index in [-0.39, 0.29) is 6.04 Å². The summed E-state index contributed by atoms with van der Waals surface area (Å²) in [6.45, 7) is 3.32. The molecule has 2 nitrogen and oxygen atoms in total. The van der Waals surface area contributed by atoms with Crippen LogP contribution in [0.2, 0.25) is 0 Å². The summed E-state index contributed by atoms with van der Waals surface area (Å²) in [6.07, 6.45) is 22.3. The van der Waals surface area contributed by atoms with Gasteiger partial charge < -0.3 is 5.01 Å². The van der Waals surface area contributed by atoms with E-state index < -0.39 is 0 Å². The molecule has 0 fully saturated rings. The van der Waals surface area contributed by atoms with Gasteiger partial charge >= 0.3 is 0 Å². The molecular weight excluding hydrogens is 532 g/mol. The van der Waals surface area contributed by atoms with E-state index in [2.05, 4.69) is 127 Å². The van der Waals surface area contributed by atoms with Gasteiger partial charge in [0, 0.05) is 13.6 Å². The predicted molar refractivity (Wildman–Crippen MR) is 193 cm³/mol. The summed E-state index contributed by atoms with van der Waals surface area (Å²) in [4.78, 5) is 0. The van der Waals surface area contributed by atoms with E-state index in [1.54, 1.807) is 0 Å². The maximum Gasteiger partial charge on any atom is 0.0789 e. The van der Waals surface area contributed by atoms with Crippen molar-refractivity contribution in [2.45, 2.75) is 116 Å². The Morgan fingerprint density at radius 3 is 1.39 bits per heavy atom. The Morgan fingerprint density at radius 1 is 0.455 bits per heavy atom. The van der Waals surface area contributed by atoms with Gasteiger partial charge in [0.15, 0.2) is 0 Å². The summed E-state index contributed by atoms with van der Waals surface area (Å²) in [5.41, 5.74) is 3.90. The van der Waals surface area contributed by atoms with Gasteiger partial charge in [-0.05, 0) is 40.5 Å². The Morgan fingerprint density at radius 2 is 0.886 bits per heavy atom. The number of hydrazine groups is 1. The van der Waals surface area contributed by atoms with Crippen LogP contribution in [0.1, 0.15) is 127 Å². The number of hydrogen-bond donors (Lipinski definition) is 0. The van der Waals surface area contributed by atoms with Gasteiger partial charge in [0.1, 0.15) is 0 Å². The van der Waals surface area contributed by atoms with Crippen molar-refractivity contribution in [3.05, 3.63) is 114 Å². The van der Waals surface area contributed by atoms with E-state index in [0.717, 1.165) is 6.54 Å². The number of fused-ring (bicyclic) bond motifs is 1. The Bertz CT molecular complexity index is 1250. The summed E-state index contributed by atoms with van der Waals surface area (Å²) < 4.78 is 0. The first-order valence-electron chi connectivity index (χ1n) is 17.9. The molecule has 0 atom stereocenters. The maximum absolute atomic E-state index is 2.53. The van der Waals surface area contributed by atoms with Crippen LogP contribution in [-0.2, 0) is 0 Å². The van der Waals surface area contributed by atoms with Crippen molar-refractivity contribution < 1.29 is 0 Å². The molecule has 0 amide bonds. The molecule has 4 rings (SSSR count). The van der Waals surface area contributed by atoms with Crippen LogP contribution < -0.4 is 5.01 Å². The number of unbranched alkanes of at least 4 members (excludes halogenated alkanes) is 15. The third-order valence-corrected chi connectivity index (χ3v) is 9.24. The van der Waals surface area contributed by atoms with Crippen LogP contribution in [-0.4, -0.2) is 18.6 Å². The maximum atomic E-state index is 2.53. The first-order valence-corrected chi connectivity index (χ1v) is 17.9. The van der Waals surface area contributed by atoms with Gasteiger partial charge in [-0.3, -0.25) is 0 Å². The van der Waals surface area contributed by atoms with E-state index in [9.17, 15) is 0 Å². The molecule has 0 saturated heterocycles. The van der Waals surface area contributed by atoms with Crippen molar-refractivity contribution in [2.75, 3.05) is 18.6 Å². The molecule has 0 spiro atoms. The molecule has 0 aromatic heterocycles. The van der Waals surface area contributed by atoms with Crippen LogP contribution in [0.3, 0.4) is 0 Å². The molecule has 0 N–H and O–H groups in total. The zero-order valence-corrected chi connectivity index (χ0v) is 27.8. The highest BCUT2D eigenvalue weighted by Crippen LogP contribution is 2.32. The van der Waals surface area contributed by atoms with E-state index in [1.165, 1.54) is 130 Å². The van der Waals surface area contributed by atoms with Gasteiger partial charge in [0.05, 0.1) is 11.7 Å².